The molecule has 2 aromatic rings. The van der Waals surface area contributed by atoms with Crippen molar-refractivity contribution in [2.45, 2.75) is 18.0 Å². The lowest BCUT2D eigenvalue weighted by atomic mass is 10.2. The zero-order valence-corrected chi connectivity index (χ0v) is 17.3. The lowest BCUT2D eigenvalue weighted by Crippen LogP contribution is -2.40. The largest absolute Gasteiger partial charge is 0.468 e. The molecule has 8 nitrogen and oxygen atoms in total. The Labute approximate surface area is 177 Å². The molecular weight excluding hydrogens is 439 g/mol. The third-order valence-electron chi connectivity index (χ3n) is 4.42. The van der Waals surface area contributed by atoms with Gasteiger partial charge in [0.1, 0.15) is 0 Å². The highest BCUT2D eigenvalue weighted by atomic mass is 32.2. The van der Waals surface area contributed by atoms with Crippen molar-refractivity contribution in [1.29, 1.82) is 0 Å². The van der Waals surface area contributed by atoms with Crippen LogP contribution in [-0.2, 0) is 14.8 Å². The molecule has 0 spiro atoms. The van der Waals surface area contributed by atoms with Crippen LogP contribution in [0.5, 0.6) is 5.88 Å². The molecule has 168 valence electrons. The molecule has 1 saturated heterocycles. The van der Waals surface area contributed by atoms with Gasteiger partial charge in [0.25, 0.3) is 5.91 Å². The molecular formula is C19H20F3N3O5S. The molecule has 2 heterocycles. The Hall–Kier alpha value is -2.70. The van der Waals surface area contributed by atoms with E-state index in [0.29, 0.717) is 18.8 Å². The summed E-state index contributed by atoms with van der Waals surface area (Å²) in [6, 6.07) is 6.90. The molecule has 0 saturated carbocycles. The molecule has 0 bridgehead atoms. The number of nitrogens with zero attached hydrogens (tertiary/aromatic N) is 2. The van der Waals surface area contributed by atoms with E-state index in [2.05, 4.69) is 15.0 Å². The number of carbonyl (C=O) groups excluding carboxylic acids is 1. The smallest absolute Gasteiger partial charge is 0.422 e. The molecule has 0 radical (unpaired) electrons. The zero-order chi connectivity index (χ0) is 22.6. The molecule has 1 aliphatic rings. The highest BCUT2D eigenvalue weighted by Crippen LogP contribution is 2.25. The van der Waals surface area contributed by atoms with Crippen molar-refractivity contribution in [2.24, 2.45) is 0 Å². The van der Waals surface area contributed by atoms with Gasteiger partial charge in [-0.25, -0.2) is 13.4 Å². The number of aryl methyl sites for hydroxylation is 1. The summed E-state index contributed by atoms with van der Waals surface area (Å²) in [5, 5.41) is 2.57. The molecule has 3 rings (SSSR count). The van der Waals surface area contributed by atoms with Crippen LogP contribution in [0.2, 0.25) is 0 Å². The Morgan fingerprint density at radius 3 is 2.55 bits per heavy atom. The predicted octanol–water partition coefficient (Wildman–Crippen LogP) is 2.60. The second kappa shape index (κ2) is 9.20. The number of amides is 1. The molecule has 1 amide bonds. The monoisotopic (exact) mass is 459 g/mol. The fourth-order valence-electron chi connectivity index (χ4n) is 2.84. The van der Waals surface area contributed by atoms with Gasteiger partial charge in [0, 0.05) is 31.0 Å². The Bertz CT molecular complexity index is 1040. The summed E-state index contributed by atoms with van der Waals surface area (Å²) in [6.45, 7) is 1.27. The predicted molar refractivity (Wildman–Crippen MR) is 104 cm³/mol. The minimum absolute atomic E-state index is 0.0671. The molecule has 1 aromatic heterocycles. The van der Waals surface area contributed by atoms with Crippen molar-refractivity contribution in [3.63, 3.8) is 0 Å². The lowest BCUT2D eigenvalue weighted by molar-refractivity contribution is -0.154. The van der Waals surface area contributed by atoms with Gasteiger partial charge in [-0.1, -0.05) is 6.07 Å². The fraction of sp³-hybridized carbons (Fsp3) is 0.368. The summed E-state index contributed by atoms with van der Waals surface area (Å²) in [5.74, 6) is -0.878. The van der Waals surface area contributed by atoms with Gasteiger partial charge in [0.15, 0.2) is 6.61 Å². The number of alkyl halides is 3. The fourth-order valence-corrected chi connectivity index (χ4v) is 4.50. The van der Waals surface area contributed by atoms with Crippen LogP contribution in [0.1, 0.15) is 15.9 Å². The summed E-state index contributed by atoms with van der Waals surface area (Å²) < 4.78 is 73.5. The number of pyridine rings is 1. The Morgan fingerprint density at radius 1 is 1.23 bits per heavy atom. The number of hydrogen-bond donors (Lipinski definition) is 1. The second-order valence-electron chi connectivity index (χ2n) is 6.74. The van der Waals surface area contributed by atoms with E-state index in [0.717, 1.165) is 12.3 Å². The van der Waals surface area contributed by atoms with Crippen LogP contribution in [0.3, 0.4) is 0 Å². The van der Waals surface area contributed by atoms with Crippen LogP contribution in [0.25, 0.3) is 0 Å². The number of ether oxygens (including phenoxy) is 2. The maximum absolute atomic E-state index is 12.9. The average molecular weight is 459 g/mol. The van der Waals surface area contributed by atoms with Crippen molar-refractivity contribution in [1.82, 2.24) is 9.29 Å². The van der Waals surface area contributed by atoms with Crippen LogP contribution in [0, 0.1) is 6.92 Å². The van der Waals surface area contributed by atoms with Crippen LogP contribution in [0.4, 0.5) is 18.9 Å². The third-order valence-corrected chi connectivity index (χ3v) is 6.46. The molecule has 1 aromatic carbocycles. The van der Waals surface area contributed by atoms with Gasteiger partial charge in [0.2, 0.25) is 15.9 Å². The van der Waals surface area contributed by atoms with Crippen molar-refractivity contribution < 1.29 is 35.9 Å². The third kappa shape index (κ3) is 5.93. The van der Waals surface area contributed by atoms with Gasteiger partial charge >= 0.3 is 6.18 Å². The van der Waals surface area contributed by atoms with Crippen molar-refractivity contribution in [2.75, 3.05) is 38.2 Å². The number of halogens is 3. The number of anilines is 1. The summed E-state index contributed by atoms with van der Waals surface area (Å²) in [5.41, 5.74) is 0.842. The number of carbonyl (C=O) groups is 1. The van der Waals surface area contributed by atoms with E-state index in [1.54, 1.807) is 19.1 Å². The van der Waals surface area contributed by atoms with Crippen molar-refractivity contribution >= 4 is 21.6 Å². The van der Waals surface area contributed by atoms with Gasteiger partial charge in [-0.3, -0.25) is 4.79 Å². The Morgan fingerprint density at radius 2 is 1.94 bits per heavy atom. The molecule has 31 heavy (non-hydrogen) atoms. The minimum Gasteiger partial charge on any atom is -0.468 e. The topological polar surface area (TPSA) is 97.8 Å². The Balaban J connectivity index is 1.72. The molecule has 0 aliphatic carbocycles. The maximum atomic E-state index is 12.9. The molecule has 1 N–H and O–H groups in total. The summed E-state index contributed by atoms with van der Waals surface area (Å²) in [6.07, 6.45) is -3.43. The summed E-state index contributed by atoms with van der Waals surface area (Å²) >= 11 is 0. The number of aromatic nitrogens is 1. The van der Waals surface area contributed by atoms with E-state index in [9.17, 15) is 26.4 Å². The second-order valence-corrected chi connectivity index (χ2v) is 8.65. The van der Waals surface area contributed by atoms with E-state index in [4.69, 9.17) is 4.74 Å². The first-order chi connectivity index (χ1) is 14.6. The first kappa shape index (κ1) is 23.0. The van der Waals surface area contributed by atoms with Crippen molar-refractivity contribution in [3.05, 3.63) is 47.7 Å². The number of rotatable bonds is 6. The number of sulfonamides is 1. The van der Waals surface area contributed by atoms with Gasteiger partial charge in [-0.2, -0.15) is 17.5 Å². The first-order valence-corrected chi connectivity index (χ1v) is 10.7. The van der Waals surface area contributed by atoms with Crippen LogP contribution in [0.15, 0.2) is 41.4 Å². The van der Waals surface area contributed by atoms with E-state index in [-0.39, 0.29) is 35.1 Å². The number of benzene rings is 1. The summed E-state index contributed by atoms with van der Waals surface area (Å²) in [7, 11) is -3.76. The molecule has 0 unspecified atom stereocenters. The van der Waals surface area contributed by atoms with Gasteiger partial charge in [-0.15, -0.1) is 0 Å². The highest BCUT2D eigenvalue weighted by molar-refractivity contribution is 7.89. The number of hydrogen-bond acceptors (Lipinski definition) is 6. The molecule has 1 fully saturated rings. The highest BCUT2D eigenvalue weighted by Gasteiger charge is 2.29. The van der Waals surface area contributed by atoms with E-state index in [1.165, 1.54) is 16.4 Å². The van der Waals surface area contributed by atoms with Crippen molar-refractivity contribution in [3.8, 4) is 5.88 Å². The van der Waals surface area contributed by atoms with Gasteiger partial charge < -0.3 is 14.8 Å². The molecule has 12 heteroatoms. The number of nitrogens with one attached hydrogen (secondary N) is 1. The van der Waals surface area contributed by atoms with Crippen LogP contribution >= 0.6 is 0 Å². The van der Waals surface area contributed by atoms with E-state index in [1.807, 2.05) is 0 Å². The maximum Gasteiger partial charge on any atom is 0.422 e. The first-order valence-electron chi connectivity index (χ1n) is 9.22. The lowest BCUT2D eigenvalue weighted by Gasteiger charge is -2.26. The Kier molecular flexibility index (Phi) is 6.82. The van der Waals surface area contributed by atoms with Gasteiger partial charge in [0.05, 0.1) is 23.7 Å². The van der Waals surface area contributed by atoms with E-state index < -0.39 is 28.7 Å². The van der Waals surface area contributed by atoms with Crippen LogP contribution < -0.4 is 10.1 Å². The zero-order valence-electron chi connectivity index (χ0n) is 16.5. The SMILES string of the molecule is Cc1ccc(NC(=O)c2ccc(OCC(F)(F)F)nc2)cc1S(=O)(=O)N1CCOCC1. The molecule has 1 aliphatic heterocycles. The van der Waals surface area contributed by atoms with Gasteiger partial charge in [-0.05, 0) is 30.7 Å². The number of morpholine rings is 1. The standard InChI is InChI=1S/C19H20F3N3O5S/c1-13-2-4-15(10-16(13)31(27,28)25-6-8-29-9-7-25)24-18(26)14-3-5-17(23-11-14)30-12-19(20,21)22/h2-5,10-11H,6-9,12H2,1H3,(H,24,26). The van der Waals surface area contributed by atoms with E-state index >= 15 is 0 Å². The summed E-state index contributed by atoms with van der Waals surface area (Å²) in [4.78, 5) is 16.2. The normalized spacial score (nSPS) is 15.5. The average Bonchev–Trinajstić information content (AvgIpc) is 2.74. The van der Waals surface area contributed by atoms with Crippen LogP contribution in [-0.4, -0.2) is 62.7 Å². The molecule has 0 atom stereocenters. The minimum atomic E-state index is -4.50. The quantitative estimate of drug-likeness (QED) is 0.713.